The van der Waals surface area contributed by atoms with E-state index >= 15 is 8.78 Å². The predicted octanol–water partition coefficient (Wildman–Crippen LogP) is 10.6. The highest BCUT2D eigenvalue weighted by atomic mass is 19.4. The maximum Gasteiger partial charge on any atom is 0.573 e. The predicted molar refractivity (Wildman–Crippen MR) is 137 cm³/mol. The van der Waals surface area contributed by atoms with E-state index in [1.54, 1.807) is 0 Å². The first kappa shape index (κ1) is 28.8. The normalized spacial score (nSPS) is 25.3. The zero-order valence-electron chi connectivity index (χ0n) is 22.2. The summed E-state index contributed by atoms with van der Waals surface area (Å²) in [6.07, 6.45) is 8.01. The molecule has 0 N–H and O–H groups in total. The van der Waals surface area contributed by atoms with E-state index in [-0.39, 0.29) is 11.5 Å². The van der Waals surface area contributed by atoms with Gasteiger partial charge in [0, 0.05) is 0 Å². The minimum absolute atomic E-state index is 0.0587. The Hall–Kier alpha value is -2.18. The smallest absolute Gasteiger partial charge is 0.403 e. The molecule has 2 aliphatic rings. The van der Waals surface area contributed by atoms with Gasteiger partial charge in [0.25, 0.3) is 0 Å². The Morgan fingerprint density at radius 3 is 1.97 bits per heavy atom. The van der Waals surface area contributed by atoms with Crippen molar-refractivity contribution in [2.45, 2.75) is 96.8 Å². The summed E-state index contributed by atoms with van der Waals surface area (Å²) in [6, 6.07) is 4.99. The molecule has 0 radical (unpaired) electrons. The minimum Gasteiger partial charge on any atom is -0.403 e. The molecule has 0 heterocycles. The Labute approximate surface area is 222 Å². The first-order valence-electron chi connectivity index (χ1n) is 14.1. The molecule has 0 saturated heterocycles. The van der Waals surface area contributed by atoms with Crippen molar-refractivity contribution in [1.29, 1.82) is 0 Å². The highest BCUT2D eigenvalue weighted by molar-refractivity contribution is 5.66. The highest BCUT2D eigenvalue weighted by Crippen LogP contribution is 2.43. The Morgan fingerprint density at radius 1 is 0.816 bits per heavy atom. The summed E-state index contributed by atoms with van der Waals surface area (Å²) in [6.45, 7) is 4.66. The van der Waals surface area contributed by atoms with E-state index in [4.69, 9.17) is 0 Å². The lowest BCUT2D eigenvalue weighted by atomic mass is 9.70. The van der Waals surface area contributed by atoms with Gasteiger partial charge in [0.05, 0.1) is 5.56 Å². The van der Waals surface area contributed by atoms with Gasteiger partial charge in [0.2, 0.25) is 0 Å². The standard InChI is InChI=1S/C31H38F6O/c1-3-4-20-5-9-22(10-6-20)19(2)15-21-7-11-23(12-8-21)25-17-27(33)30(28(34)18-25)24-13-14-29(26(32)16-24)38-31(35,36)37/h13-14,16-23H,3-12,15H2,1-2H3. The maximum absolute atomic E-state index is 15.0. The average molecular weight is 541 g/mol. The summed E-state index contributed by atoms with van der Waals surface area (Å²) in [4.78, 5) is 0. The van der Waals surface area contributed by atoms with Crippen molar-refractivity contribution in [2.24, 2.45) is 23.7 Å². The monoisotopic (exact) mass is 540 g/mol. The number of halogens is 6. The van der Waals surface area contributed by atoms with Crippen molar-refractivity contribution in [3.05, 3.63) is 53.3 Å². The molecule has 38 heavy (non-hydrogen) atoms. The van der Waals surface area contributed by atoms with Crippen LogP contribution in [0.25, 0.3) is 11.1 Å². The molecule has 0 amide bonds. The zero-order chi connectivity index (χ0) is 27.4. The van der Waals surface area contributed by atoms with E-state index in [2.05, 4.69) is 18.6 Å². The summed E-state index contributed by atoms with van der Waals surface area (Å²) >= 11 is 0. The van der Waals surface area contributed by atoms with Crippen molar-refractivity contribution < 1.29 is 31.1 Å². The molecule has 1 unspecified atom stereocenters. The number of benzene rings is 2. The van der Waals surface area contributed by atoms with Gasteiger partial charge in [-0.1, -0.05) is 45.6 Å². The number of alkyl halides is 3. The first-order valence-corrected chi connectivity index (χ1v) is 14.1. The third-order valence-corrected chi connectivity index (χ3v) is 8.93. The topological polar surface area (TPSA) is 9.23 Å². The summed E-state index contributed by atoms with van der Waals surface area (Å²) < 4.78 is 84.9. The molecule has 4 rings (SSSR count). The molecule has 0 bridgehead atoms. The van der Waals surface area contributed by atoms with Crippen molar-refractivity contribution >= 4 is 0 Å². The molecule has 0 spiro atoms. The van der Waals surface area contributed by atoms with E-state index in [9.17, 15) is 17.6 Å². The third kappa shape index (κ3) is 7.26. The molecule has 2 aromatic rings. The molecule has 7 heteroatoms. The van der Waals surface area contributed by atoms with Gasteiger partial charge in [0.15, 0.2) is 11.6 Å². The van der Waals surface area contributed by atoms with Crippen LogP contribution in [0.15, 0.2) is 30.3 Å². The molecule has 2 aromatic carbocycles. The second-order valence-electron chi connectivity index (χ2n) is 11.6. The molecule has 2 saturated carbocycles. The van der Waals surface area contributed by atoms with Gasteiger partial charge in [-0.05, 0) is 110 Å². The molecule has 1 atom stereocenters. The highest BCUT2D eigenvalue weighted by Gasteiger charge is 2.33. The van der Waals surface area contributed by atoms with Gasteiger partial charge >= 0.3 is 6.36 Å². The Kier molecular flexibility index (Phi) is 9.36. The number of hydrogen-bond donors (Lipinski definition) is 0. The molecule has 2 fully saturated rings. The summed E-state index contributed by atoms with van der Waals surface area (Å²) in [5, 5.41) is 0. The van der Waals surface area contributed by atoms with Crippen LogP contribution in [-0.2, 0) is 0 Å². The molecular formula is C31H38F6O. The van der Waals surface area contributed by atoms with E-state index < -0.39 is 35.1 Å². The fourth-order valence-corrected chi connectivity index (χ4v) is 6.87. The van der Waals surface area contributed by atoms with Crippen LogP contribution in [0.3, 0.4) is 0 Å². The van der Waals surface area contributed by atoms with Crippen LogP contribution in [0.1, 0.15) is 96.0 Å². The quantitative estimate of drug-likeness (QED) is 0.303. The number of hydrogen-bond acceptors (Lipinski definition) is 1. The van der Waals surface area contributed by atoms with Crippen molar-refractivity contribution in [3.8, 4) is 16.9 Å². The van der Waals surface area contributed by atoms with Crippen LogP contribution in [0, 0.1) is 41.1 Å². The van der Waals surface area contributed by atoms with E-state index in [0.717, 1.165) is 49.7 Å². The first-order chi connectivity index (χ1) is 18.0. The van der Waals surface area contributed by atoms with Crippen LogP contribution in [0.4, 0.5) is 26.3 Å². The van der Waals surface area contributed by atoms with E-state index in [1.165, 1.54) is 57.1 Å². The van der Waals surface area contributed by atoms with Gasteiger partial charge in [-0.2, -0.15) is 0 Å². The molecule has 0 aliphatic heterocycles. The molecular weight excluding hydrogens is 502 g/mol. The van der Waals surface area contributed by atoms with Gasteiger partial charge in [-0.25, -0.2) is 13.2 Å². The molecule has 2 aliphatic carbocycles. The second-order valence-corrected chi connectivity index (χ2v) is 11.6. The van der Waals surface area contributed by atoms with Crippen LogP contribution < -0.4 is 4.74 Å². The van der Waals surface area contributed by atoms with Crippen molar-refractivity contribution in [2.75, 3.05) is 0 Å². The van der Waals surface area contributed by atoms with Crippen LogP contribution in [-0.4, -0.2) is 6.36 Å². The average Bonchev–Trinajstić information content (AvgIpc) is 2.85. The van der Waals surface area contributed by atoms with Crippen LogP contribution >= 0.6 is 0 Å². The largest absolute Gasteiger partial charge is 0.573 e. The van der Waals surface area contributed by atoms with Gasteiger partial charge in [-0.15, -0.1) is 13.2 Å². The summed E-state index contributed by atoms with van der Waals surface area (Å²) in [5.74, 6) is -0.952. The van der Waals surface area contributed by atoms with Gasteiger partial charge in [0.1, 0.15) is 11.6 Å². The minimum atomic E-state index is -5.06. The van der Waals surface area contributed by atoms with E-state index in [0.29, 0.717) is 23.5 Å². The van der Waals surface area contributed by atoms with Crippen LogP contribution in [0.5, 0.6) is 5.75 Å². The lowest BCUT2D eigenvalue weighted by Gasteiger charge is -2.36. The molecule has 210 valence electrons. The van der Waals surface area contributed by atoms with Crippen molar-refractivity contribution in [3.63, 3.8) is 0 Å². The van der Waals surface area contributed by atoms with Crippen LogP contribution in [0.2, 0.25) is 0 Å². The fraction of sp³-hybridized carbons (Fsp3) is 0.613. The van der Waals surface area contributed by atoms with Gasteiger partial charge < -0.3 is 4.74 Å². The summed E-state index contributed by atoms with van der Waals surface area (Å²) in [5.41, 5.74) is -0.0515. The maximum atomic E-state index is 15.0. The fourth-order valence-electron chi connectivity index (χ4n) is 6.87. The number of ether oxygens (including phenoxy) is 1. The Morgan fingerprint density at radius 2 is 1.42 bits per heavy atom. The van der Waals surface area contributed by atoms with E-state index in [1.807, 2.05) is 0 Å². The molecule has 1 nitrogen and oxygen atoms in total. The SMILES string of the molecule is CCCC1CCC(C(C)CC2CCC(c3cc(F)c(-c4ccc(OC(F)(F)F)c(F)c4)c(F)c3)CC2)CC1. The zero-order valence-corrected chi connectivity index (χ0v) is 22.2. The van der Waals surface area contributed by atoms with Gasteiger partial charge in [-0.3, -0.25) is 0 Å². The Balaban J connectivity index is 1.35. The number of rotatable bonds is 8. The Bertz CT molecular complexity index is 1040. The molecule has 0 aromatic heterocycles. The third-order valence-electron chi connectivity index (χ3n) is 8.93. The lowest BCUT2D eigenvalue weighted by Crippen LogP contribution is -2.23. The van der Waals surface area contributed by atoms with Crippen molar-refractivity contribution in [1.82, 2.24) is 0 Å². The second kappa shape index (κ2) is 12.3. The summed E-state index contributed by atoms with van der Waals surface area (Å²) in [7, 11) is 0. The lowest BCUT2D eigenvalue weighted by molar-refractivity contribution is -0.275.